The van der Waals surface area contributed by atoms with E-state index < -0.39 is 11.4 Å². The van der Waals surface area contributed by atoms with Crippen LogP contribution >= 0.6 is 0 Å². The summed E-state index contributed by atoms with van der Waals surface area (Å²) in [6, 6.07) is 0. The van der Waals surface area contributed by atoms with E-state index in [1.54, 1.807) is 0 Å². The molecule has 0 unspecified atom stereocenters. The molecule has 5 aliphatic rings. The summed E-state index contributed by atoms with van der Waals surface area (Å²) >= 11 is 0. The molecule has 4 heteroatoms. The van der Waals surface area contributed by atoms with Crippen molar-refractivity contribution < 1.29 is 19.8 Å². The van der Waals surface area contributed by atoms with Crippen LogP contribution in [0.2, 0.25) is 0 Å². The molecule has 0 aromatic rings. The molecular formula is C30H48O4. The molecule has 0 saturated heterocycles. The maximum Gasteiger partial charge on any atom is 0.309 e. The monoisotopic (exact) mass is 472 g/mol. The molecule has 0 aliphatic heterocycles. The third-order valence-electron chi connectivity index (χ3n) is 13.8. The van der Waals surface area contributed by atoms with E-state index in [1.165, 1.54) is 19.3 Å². The minimum Gasteiger partial charge on any atom is -0.481 e. The topological polar surface area (TPSA) is 74.6 Å². The van der Waals surface area contributed by atoms with Gasteiger partial charge in [-0.05, 0) is 115 Å². The van der Waals surface area contributed by atoms with Gasteiger partial charge in [0.05, 0.1) is 11.5 Å². The van der Waals surface area contributed by atoms with Crippen molar-refractivity contribution in [1.29, 1.82) is 0 Å². The summed E-state index contributed by atoms with van der Waals surface area (Å²) < 4.78 is 0. The molecule has 0 radical (unpaired) electrons. The number of aliphatic carboxylic acids is 1. The summed E-state index contributed by atoms with van der Waals surface area (Å²) in [7, 11) is 0. The van der Waals surface area contributed by atoms with Crippen molar-refractivity contribution in [2.75, 3.05) is 0 Å². The molecule has 0 aromatic heterocycles. The van der Waals surface area contributed by atoms with Gasteiger partial charge in [0.1, 0.15) is 6.29 Å². The van der Waals surface area contributed by atoms with Crippen LogP contribution in [0.3, 0.4) is 0 Å². The number of carbonyl (C=O) groups excluding carboxylic acids is 1. The van der Waals surface area contributed by atoms with Crippen LogP contribution in [0, 0.1) is 62.6 Å². The molecule has 0 bridgehead atoms. The van der Waals surface area contributed by atoms with Gasteiger partial charge in [0.15, 0.2) is 0 Å². The smallest absolute Gasteiger partial charge is 0.309 e. The van der Waals surface area contributed by atoms with E-state index in [0.717, 1.165) is 51.2 Å². The van der Waals surface area contributed by atoms with Crippen LogP contribution < -0.4 is 0 Å². The van der Waals surface area contributed by atoms with Crippen LogP contribution in [0.15, 0.2) is 0 Å². The number of aliphatic hydroxyl groups excluding tert-OH is 1. The van der Waals surface area contributed by atoms with Crippen molar-refractivity contribution >= 4 is 12.3 Å². The Morgan fingerprint density at radius 1 is 0.853 bits per heavy atom. The highest BCUT2D eigenvalue weighted by molar-refractivity contribution is 5.76. The number of rotatable bonds is 3. The number of carbonyl (C=O) groups is 2. The first-order valence-electron chi connectivity index (χ1n) is 14.2. The molecule has 0 aromatic carbocycles. The third kappa shape index (κ3) is 2.81. The number of hydrogen-bond acceptors (Lipinski definition) is 3. The zero-order valence-electron chi connectivity index (χ0n) is 22.4. The van der Waals surface area contributed by atoms with Crippen molar-refractivity contribution in [3.63, 3.8) is 0 Å². The first-order chi connectivity index (χ1) is 15.8. The summed E-state index contributed by atoms with van der Waals surface area (Å²) in [5.74, 6) is 1.20. The SMILES string of the molecule is C[C@@H](C=O)[C@@H]1CC[C@]2(C(=O)O)CC[C@]3(C)[C@H](CC[C@@H]4[C@@]5(C)CC[C@H](O)C(C)(C)[C@@H]5CC[C@]43C)[C@@H]12. The Bertz CT molecular complexity index is 866. The fraction of sp³-hybridized carbons (Fsp3) is 0.933. The van der Waals surface area contributed by atoms with Crippen LogP contribution in [0.25, 0.3) is 0 Å². The second-order valence-electron chi connectivity index (χ2n) is 14.7. The molecule has 34 heavy (non-hydrogen) atoms. The molecule has 5 saturated carbocycles. The predicted octanol–water partition coefficient (Wildman–Crippen LogP) is 6.35. The van der Waals surface area contributed by atoms with Gasteiger partial charge in [-0.15, -0.1) is 0 Å². The largest absolute Gasteiger partial charge is 0.481 e. The highest BCUT2D eigenvalue weighted by Gasteiger charge is 2.72. The summed E-state index contributed by atoms with van der Waals surface area (Å²) in [6.07, 6.45) is 10.9. The van der Waals surface area contributed by atoms with Crippen molar-refractivity contribution in [2.24, 2.45) is 62.6 Å². The van der Waals surface area contributed by atoms with Crippen LogP contribution in [-0.4, -0.2) is 28.6 Å². The maximum absolute atomic E-state index is 12.8. The zero-order chi connectivity index (χ0) is 24.9. The van der Waals surface area contributed by atoms with Gasteiger partial charge in [-0.2, -0.15) is 0 Å². The Labute approximate surface area is 206 Å². The highest BCUT2D eigenvalue weighted by Crippen LogP contribution is 2.77. The molecule has 5 aliphatic carbocycles. The van der Waals surface area contributed by atoms with E-state index in [4.69, 9.17) is 0 Å². The van der Waals surface area contributed by atoms with Gasteiger partial charge in [-0.25, -0.2) is 0 Å². The van der Waals surface area contributed by atoms with E-state index in [-0.39, 0.29) is 45.5 Å². The zero-order valence-corrected chi connectivity index (χ0v) is 22.4. The lowest BCUT2D eigenvalue weighted by atomic mass is 9.32. The van der Waals surface area contributed by atoms with E-state index >= 15 is 0 Å². The van der Waals surface area contributed by atoms with Crippen LogP contribution in [0.4, 0.5) is 0 Å². The Morgan fingerprint density at radius 2 is 1.56 bits per heavy atom. The quantitative estimate of drug-likeness (QED) is 0.469. The van der Waals surface area contributed by atoms with Gasteiger partial charge >= 0.3 is 5.97 Å². The lowest BCUT2D eigenvalue weighted by Gasteiger charge is -2.72. The maximum atomic E-state index is 12.8. The first-order valence-corrected chi connectivity index (χ1v) is 14.2. The Kier molecular flexibility index (Phi) is 5.51. The molecule has 0 spiro atoms. The lowest BCUT2D eigenvalue weighted by Crippen LogP contribution is -2.67. The van der Waals surface area contributed by atoms with Crippen molar-refractivity contribution in [2.45, 2.75) is 112 Å². The lowest BCUT2D eigenvalue weighted by molar-refractivity contribution is -0.249. The second-order valence-corrected chi connectivity index (χ2v) is 14.7. The van der Waals surface area contributed by atoms with Gasteiger partial charge < -0.3 is 15.0 Å². The van der Waals surface area contributed by atoms with Gasteiger partial charge in [-0.1, -0.05) is 41.5 Å². The van der Waals surface area contributed by atoms with Crippen LogP contribution in [0.1, 0.15) is 106 Å². The van der Waals surface area contributed by atoms with Crippen LogP contribution in [-0.2, 0) is 9.59 Å². The van der Waals surface area contributed by atoms with Gasteiger partial charge in [0.2, 0.25) is 0 Å². The average molecular weight is 473 g/mol. The van der Waals surface area contributed by atoms with Crippen molar-refractivity contribution in [1.82, 2.24) is 0 Å². The number of fused-ring (bicyclic) bond motifs is 7. The van der Waals surface area contributed by atoms with E-state index in [0.29, 0.717) is 17.8 Å². The number of carboxylic acids is 1. The fourth-order valence-corrected chi connectivity index (χ4v) is 11.7. The van der Waals surface area contributed by atoms with Gasteiger partial charge in [-0.3, -0.25) is 4.79 Å². The molecule has 11 atom stereocenters. The third-order valence-corrected chi connectivity index (χ3v) is 13.8. The summed E-state index contributed by atoms with van der Waals surface area (Å²) in [5.41, 5.74) is -0.155. The number of aliphatic hydroxyl groups is 1. The van der Waals surface area contributed by atoms with Crippen molar-refractivity contribution in [3.05, 3.63) is 0 Å². The molecule has 5 rings (SSSR count). The Balaban J connectivity index is 1.56. The van der Waals surface area contributed by atoms with Gasteiger partial charge in [0.25, 0.3) is 0 Å². The fourth-order valence-electron chi connectivity index (χ4n) is 11.7. The number of aldehydes is 1. The van der Waals surface area contributed by atoms with Gasteiger partial charge in [0, 0.05) is 5.92 Å². The van der Waals surface area contributed by atoms with Crippen LogP contribution in [0.5, 0.6) is 0 Å². The predicted molar refractivity (Wildman–Crippen MR) is 133 cm³/mol. The summed E-state index contributed by atoms with van der Waals surface area (Å²) in [6.45, 7) is 14.2. The minimum absolute atomic E-state index is 0.0486. The normalized spacial score (nSPS) is 54.7. The standard InChI is InChI=1S/C30H48O4/c1-18(17-31)19-9-14-30(25(33)34)16-15-28(5)20(24(19)30)7-8-22-27(4)12-11-23(32)26(2,3)21(27)10-13-29(22,28)6/h17-24,32H,7-16H2,1-6H3,(H,33,34)/t18-,19-,20+,21-,22+,23-,24+,27-,28+,29+,30-/m0/s1. The summed E-state index contributed by atoms with van der Waals surface area (Å²) in [5, 5.41) is 21.4. The summed E-state index contributed by atoms with van der Waals surface area (Å²) in [4.78, 5) is 24.7. The number of carboxylic acid groups (broad SMARTS) is 1. The average Bonchev–Trinajstić information content (AvgIpc) is 3.18. The molecule has 4 nitrogen and oxygen atoms in total. The van der Waals surface area contributed by atoms with E-state index in [1.807, 2.05) is 6.92 Å². The van der Waals surface area contributed by atoms with E-state index in [9.17, 15) is 19.8 Å². The molecule has 0 heterocycles. The number of hydrogen-bond donors (Lipinski definition) is 2. The minimum atomic E-state index is -0.632. The Morgan fingerprint density at radius 3 is 2.21 bits per heavy atom. The molecule has 192 valence electrons. The molecule has 2 N–H and O–H groups in total. The van der Waals surface area contributed by atoms with Crippen molar-refractivity contribution in [3.8, 4) is 0 Å². The second kappa shape index (κ2) is 7.56. The highest BCUT2D eigenvalue weighted by atomic mass is 16.4. The molecule has 0 amide bonds. The first kappa shape index (κ1) is 24.8. The molecule has 5 fully saturated rings. The van der Waals surface area contributed by atoms with E-state index in [2.05, 4.69) is 34.6 Å². The molecular weight excluding hydrogens is 424 g/mol. The Hall–Kier alpha value is -0.900.